The first-order chi connectivity index (χ1) is 13.5. The van der Waals surface area contributed by atoms with E-state index in [0.717, 1.165) is 36.3 Å². The third-order valence-corrected chi connectivity index (χ3v) is 5.46. The molecule has 0 spiro atoms. The Hall–Kier alpha value is -2.32. The monoisotopic (exact) mass is 395 g/mol. The summed E-state index contributed by atoms with van der Waals surface area (Å²) in [5.74, 6) is 0.0637. The normalized spacial score (nSPS) is 12.0. The largest absolute Gasteiger partial charge is 0.378 e. The molecule has 0 saturated heterocycles. The third-order valence-electron chi connectivity index (χ3n) is 5.21. The van der Waals surface area contributed by atoms with E-state index in [-0.39, 0.29) is 11.7 Å². The molecule has 0 bridgehead atoms. The van der Waals surface area contributed by atoms with E-state index in [1.54, 1.807) is 12.1 Å². The number of rotatable bonds is 8. The van der Waals surface area contributed by atoms with Crippen LogP contribution in [0.1, 0.15) is 41.9 Å². The van der Waals surface area contributed by atoms with Gasteiger partial charge in [0.15, 0.2) is 0 Å². The lowest BCUT2D eigenvalue weighted by Crippen LogP contribution is -2.08. The van der Waals surface area contributed by atoms with Crippen molar-refractivity contribution in [1.82, 2.24) is 0 Å². The topological polar surface area (TPSA) is 3.24 Å². The van der Waals surface area contributed by atoms with E-state index >= 15 is 0 Å². The lowest BCUT2D eigenvalue weighted by atomic mass is 9.86. The zero-order valence-corrected chi connectivity index (χ0v) is 17.3. The van der Waals surface area contributed by atoms with Crippen LogP contribution >= 0.6 is 11.6 Å². The maximum Gasteiger partial charge on any atom is 0.123 e. The van der Waals surface area contributed by atoms with E-state index in [9.17, 15) is 4.39 Å². The van der Waals surface area contributed by atoms with Crippen molar-refractivity contribution in [3.8, 4) is 0 Å². The van der Waals surface area contributed by atoms with Crippen molar-refractivity contribution in [1.29, 1.82) is 0 Å². The Bertz CT molecular complexity index is 809. The second-order valence-corrected chi connectivity index (χ2v) is 7.90. The molecule has 0 heterocycles. The number of aryl methyl sites for hydroxylation is 1. The summed E-state index contributed by atoms with van der Waals surface area (Å²) < 4.78 is 13.4. The molecular formula is C25H27ClFN. The first-order valence-corrected chi connectivity index (χ1v) is 10.2. The van der Waals surface area contributed by atoms with Gasteiger partial charge >= 0.3 is 0 Å². The molecule has 1 atom stereocenters. The van der Waals surface area contributed by atoms with Crippen LogP contribution in [0.4, 0.5) is 10.1 Å². The summed E-state index contributed by atoms with van der Waals surface area (Å²) in [6.07, 6.45) is 4.35. The second kappa shape index (κ2) is 9.75. The minimum absolute atomic E-state index is 0.195. The van der Waals surface area contributed by atoms with E-state index in [2.05, 4.69) is 55.4 Å². The molecule has 0 saturated carbocycles. The summed E-state index contributed by atoms with van der Waals surface area (Å²) in [6, 6.07) is 23.7. The number of halogens is 2. The van der Waals surface area contributed by atoms with Gasteiger partial charge in [-0.15, -0.1) is 0 Å². The Labute approximate surface area is 172 Å². The number of benzene rings is 3. The lowest BCUT2D eigenvalue weighted by Gasteiger charge is -2.18. The Balaban J connectivity index is 1.63. The van der Waals surface area contributed by atoms with E-state index in [1.165, 1.54) is 16.8 Å². The maximum atomic E-state index is 13.4. The summed E-state index contributed by atoms with van der Waals surface area (Å²) in [4.78, 5) is 2.11. The van der Waals surface area contributed by atoms with Crippen LogP contribution in [0.25, 0.3) is 0 Å². The smallest absolute Gasteiger partial charge is 0.123 e. The first kappa shape index (κ1) is 20.4. The number of unbranched alkanes of at least 4 members (excludes halogenated alkanes) is 1. The zero-order chi connectivity index (χ0) is 19.9. The quantitative estimate of drug-likeness (QED) is 0.368. The summed E-state index contributed by atoms with van der Waals surface area (Å²) in [5, 5.41) is 0.739. The first-order valence-electron chi connectivity index (χ1n) is 9.80. The molecule has 0 aliphatic heterocycles. The van der Waals surface area contributed by atoms with Crippen LogP contribution < -0.4 is 4.90 Å². The summed E-state index contributed by atoms with van der Waals surface area (Å²) in [7, 11) is 4.11. The number of hydrogen-bond acceptors (Lipinski definition) is 1. The summed E-state index contributed by atoms with van der Waals surface area (Å²) >= 11 is 6.06. The van der Waals surface area contributed by atoms with E-state index in [4.69, 9.17) is 11.6 Å². The molecule has 0 aliphatic carbocycles. The average molecular weight is 396 g/mol. The summed E-state index contributed by atoms with van der Waals surface area (Å²) in [6.45, 7) is 0. The third kappa shape index (κ3) is 5.59. The summed E-state index contributed by atoms with van der Waals surface area (Å²) in [5.41, 5.74) is 4.98. The van der Waals surface area contributed by atoms with Gasteiger partial charge < -0.3 is 4.90 Å². The molecule has 3 heteroatoms. The second-order valence-electron chi connectivity index (χ2n) is 7.46. The van der Waals surface area contributed by atoms with Gasteiger partial charge in [0.05, 0.1) is 0 Å². The SMILES string of the molecule is CN(C)c1ccc(CCCC[C@H](c2ccc(F)cc2)c2ccc(Cl)cc2)cc1. The van der Waals surface area contributed by atoms with Gasteiger partial charge in [-0.25, -0.2) is 4.39 Å². The number of hydrogen-bond donors (Lipinski definition) is 0. The minimum Gasteiger partial charge on any atom is -0.378 e. The van der Waals surface area contributed by atoms with Gasteiger partial charge in [-0.2, -0.15) is 0 Å². The van der Waals surface area contributed by atoms with Gasteiger partial charge in [-0.1, -0.05) is 54.4 Å². The van der Waals surface area contributed by atoms with E-state index < -0.39 is 0 Å². The number of nitrogens with zero attached hydrogens (tertiary/aromatic N) is 1. The van der Waals surface area contributed by atoms with Crippen molar-refractivity contribution < 1.29 is 4.39 Å². The Morgan fingerprint density at radius 2 is 1.36 bits per heavy atom. The van der Waals surface area contributed by atoms with Crippen LogP contribution in [-0.2, 0) is 6.42 Å². The standard InChI is InChI=1S/C25H27ClFN/c1-28(2)24-17-7-19(8-18-24)5-3-4-6-25(20-9-13-22(26)14-10-20)21-11-15-23(27)16-12-21/h7-18,25H,3-6H2,1-2H3/t25-/m0/s1. The van der Waals surface area contributed by atoms with Crippen LogP contribution in [0.2, 0.25) is 5.02 Å². The Morgan fingerprint density at radius 3 is 1.93 bits per heavy atom. The zero-order valence-electron chi connectivity index (χ0n) is 16.5. The van der Waals surface area contributed by atoms with Crippen LogP contribution in [-0.4, -0.2) is 14.1 Å². The van der Waals surface area contributed by atoms with Gasteiger partial charge in [-0.05, 0) is 72.4 Å². The van der Waals surface area contributed by atoms with Crippen LogP contribution in [0, 0.1) is 5.82 Å². The Morgan fingerprint density at radius 1 is 0.786 bits per heavy atom. The van der Waals surface area contributed by atoms with Crippen molar-refractivity contribution in [3.05, 3.63) is 100 Å². The number of anilines is 1. The van der Waals surface area contributed by atoms with Crippen molar-refractivity contribution in [3.63, 3.8) is 0 Å². The highest BCUT2D eigenvalue weighted by Crippen LogP contribution is 2.31. The van der Waals surface area contributed by atoms with Gasteiger partial charge in [0.25, 0.3) is 0 Å². The lowest BCUT2D eigenvalue weighted by molar-refractivity contribution is 0.614. The molecule has 0 radical (unpaired) electrons. The molecule has 3 aromatic carbocycles. The van der Waals surface area contributed by atoms with Crippen molar-refractivity contribution in [2.45, 2.75) is 31.6 Å². The fourth-order valence-electron chi connectivity index (χ4n) is 3.55. The molecule has 0 fully saturated rings. The molecule has 0 amide bonds. The maximum absolute atomic E-state index is 13.4. The van der Waals surface area contributed by atoms with Crippen molar-refractivity contribution in [2.75, 3.05) is 19.0 Å². The van der Waals surface area contributed by atoms with Crippen LogP contribution in [0.3, 0.4) is 0 Å². The predicted molar refractivity (Wildman–Crippen MR) is 118 cm³/mol. The van der Waals surface area contributed by atoms with Crippen molar-refractivity contribution in [2.24, 2.45) is 0 Å². The van der Waals surface area contributed by atoms with Gasteiger partial charge in [0, 0.05) is 30.7 Å². The van der Waals surface area contributed by atoms with Crippen LogP contribution in [0.5, 0.6) is 0 Å². The highest BCUT2D eigenvalue weighted by molar-refractivity contribution is 6.30. The van der Waals surface area contributed by atoms with Gasteiger partial charge in [0.1, 0.15) is 5.82 Å². The van der Waals surface area contributed by atoms with Gasteiger partial charge in [-0.3, -0.25) is 0 Å². The molecule has 0 N–H and O–H groups in total. The molecule has 3 rings (SSSR count). The molecule has 3 aromatic rings. The Kier molecular flexibility index (Phi) is 7.11. The fraction of sp³-hybridized carbons (Fsp3) is 0.280. The predicted octanol–water partition coefficient (Wildman–Crippen LogP) is 7.09. The molecule has 0 aliphatic rings. The fourth-order valence-corrected chi connectivity index (χ4v) is 3.68. The van der Waals surface area contributed by atoms with Gasteiger partial charge in [0.2, 0.25) is 0 Å². The highest BCUT2D eigenvalue weighted by Gasteiger charge is 2.14. The molecule has 1 nitrogen and oxygen atoms in total. The molecule has 146 valence electrons. The molecular weight excluding hydrogens is 369 g/mol. The molecule has 28 heavy (non-hydrogen) atoms. The molecule has 0 unspecified atom stereocenters. The van der Waals surface area contributed by atoms with E-state index in [1.807, 2.05) is 24.3 Å². The highest BCUT2D eigenvalue weighted by atomic mass is 35.5. The minimum atomic E-state index is -0.195. The van der Waals surface area contributed by atoms with Crippen LogP contribution in [0.15, 0.2) is 72.8 Å². The molecule has 0 aromatic heterocycles. The van der Waals surface area contributed by atoms with Crippen molar-refractivity contribution >= 4 is 17.3 Å². The van der Waals surface area contributed by atoms with E-state index in [0.29, 0.717) is 0 Å². The average Bonchev–Trinajstić information content (AvgIpc) is 2.70.